The highest BCUT2D eigenvalue weighted by molar-refractivity contribution is 5.85. The van der Waals surface area contributed by atoms with E-state index >= 15 is 0 Å². The predicted octanol–water partition coefficient (Wildman–Crippen LogP) is 5.76. The molecule has 1 saturated heterocycles. The van der Waals surface area contributed by atoms with Gasteiger partial charge in [-0.1, -0.05) is 74.0 Å². The van der Waals surface area contributed by atoms with Crippen molar-refractivity contribution >= 4 is 5.78 Å². The second-order valence-corrected chi connectivity index (χ2v) is 8.87. The molecule has 1 aliphatic heterocycles. The molecule has 2 aromatic rings. The summed E-state index contributed by atoms with van der Waals surface area (Å²) in [7, 11) is 0. The number of hydrogen-bond acceptors (Lipinski definition) is 2. The summed E-state index contributed by atoms with van der Waals surface area (Å²) in [6.45, 7) is 3.26. The Hall–Kier alpha value is -1.93. The molecule has 2 nitrogen and oxygen atoms in total. The van der Waals surface area contributed by atoms with Crippen LogP contribution in [-0.2, 0) is 16.8 Å². The van der Waals surface area contributed by atoms with Crippen LogP contribution in [0.25, 0.3) is 0 Å². The normalized spacial score (nSPS) is 28.5. The summed E-state index contributed by atoms with van der Waals surface area (Å²) < 4.78 is 0. The molecule has 4 rings (SSSR count). The first-order valence-electron chi connectivity index (χ1n) is 11.1. The van der Waals surface area contributed by atoms with Gasteiger partial charge in [-0.05, 0) is 56.2 Å². The smallest absolute Gasteiger partial charge is 0.137 e. The fourth-order valence-corrected chi connectivity index (χ4v) is 5.56. The molecule has 0 amide bonds. The van der Waals surface area contributed by atoms with E-state index in [0.29, 0.717) is 18.2 Å². The zero-order valence-corrected chi connectivity index (χ0v) is 17.1. The van der Waals surface area contributed by atoms with Gasteiger partial charge in [0, 0.05) is 18.4 Å². The summed E-state index contributed by atoms with van der Waals surface area (Å²) in [5.74, 6) is 0.615. The van der Waals surface area contributed by atoms with Gasteiger partial charge in [-0.25, -0.2) is 0 Å². The van der Waals surface area contributed by atoms with Crippen molar-refractivity contribution in [1.29, 1.82) is 0 Å². The topological polar surface area (TPSA) is 20.3 Å². The number of carbonyl (C=O) groups is 1. The summed E-state index contributed by atoms with van der Waals surface area (Å²) in [5, 5.41) is 0. The van der Waals surface area contributed by atoms with Crippen LogP contribution in [0, 0.1) is 5.92 Å². The lowest BCUT2D eigenvalue weighted by Crippen LogP contribution is -2.52. The van der Waals surface area contributed by atoms with E-state index < -0.39 is 0 Å². The second kappa shape index (κ2) is 8.61. The summed E-state index contributed by atoms with van der Waals surface area (Å²) in [6.07, 6.45) is 9.11. The summed E-state index contributed by atoms with van der Waals surface area (Å²) in [6, 6.07) is 22.3. The maximum Gasteiger partial charge on any atom is 0.137 e. The first-order valence-corrected chi connectivity index (χ1v) is 11.1. The van der Waals surface area contributed by atoms with Gasteiger partial charge < -0.3 is 0 Å². The van der Waals surface area contributed by atoms with Crippen molar-refractivity contribution in [3.8, 4) is 0 Å². The summed E-state index contributed by atoms with van der Waals surface area (Å²) in [5.41, 5.74) is 2.70. The van der Waals surface area contributed by atoms with E-state index in [1.54, 1.807) is 0 Å². The van der Waals surface area contributed by atoms with Crippen molar-refractivity contribution in [2.75, 3.05) is 6.54 Å². The number of aryl methyl sites for hydroxylation is 1. The zero-order chi connectivity index (χ0) is 19.4. The van der Waals surface area contributed by atoms with E-state index in [1.807, 2.05) is 0 Å². The largest absolute Gasteiger partial charge is 0.299 e. The van der Waals surface area contributed by atoms with Crippen molar-refractivity contribution in [3.63, 3.8) is 0 Å². The fourth-order valence-electron chi connectivity index (χ4n) is 5.56. The van der Waals surface area contributed by atoms with Crippen LogP contribution in [0.3, 0.4) is 0 Å². The molecule has 1 unspecified atom stereocenters. The molecule has 1 heterocycles. The van der Waals surface area contributed by atoms with Crippen molar-refractivity contribution < 1.29 is 4.79 Å². The minimum Gasteiger partial charge on any atom is -0.299 e. The molecule has 2 aliphatic rings. The monoisotopic (exact) mass is 375 g/mol. The van der Waals surface area contributed by atoms with Crippen molar-refractivity contribution in [3.05, 3.63) is 71.8 Å². The van der Waals surface area contributed by atoms with Gasteiger partial charge in [0.25, 0.3) is 0 Å². The Kier molecular flexibility index (Phi) is 5.96. The summed E-state index contributed by atoms with van der Waals surface area (Å²) >= 11 is 0. The lowest BCUT2D eigenvalue weighted by Gasteiger charge is -2.49. The van der Waals surface area contributed by atoms with Gasteiger partial charge in [0.05, 0.1) is 5.54 Å². The predicted molar refractivity (Wildman–Crippen MR) is 115 cm³/mol. The highest BCUT2D eigenvalue weighted by Gasteiger charge is 2.50. The van der Waals surface area contributed by atoms with Crippen LogP contribution in [-0.4, -0.2) is 23.3 Å². The average Bonchev–Trinajstić information content (AvgIpc) is 3.05. The van der Waals surface area contributed by atoms with Gasteiger partial charge in [0.15, 0.2) is 0 Å². The molecule has 1 aliphatic carbocycles. The van der Waals surface area contributed by atoms with Crippen molar-refractivity contribution in [1.82, 2.24) is 4.90 Å². The van der Waals surface area contributed by atoms with Crippen LogP contribution in [0.5, 0.6) is 0 Å². The first-order chi connectivity index (χ1) is 13.7. The molecule has 28 heavy (non-hydrogen) atoms. The van der Waals surface area contributed by atoms with Gasteiger partial charge in [-0.15, -0.1) is 0 Å². The molecule has 3 atom stereocenters. The lowest BCUT2D eigenvalue weighted by molar-refractivity contribution is -0.121. The van der Waals surface area contributed by atoms with E-state index in [9.17, 15) is 4.79 Å². The molecule has 0 aromatic heterocycles. The third-order valence-corrected chi connectivity index (χ3v) is 6.99. The van der Waals surface area contributed by atoms with Gasteiger partial charge in [-0.2, -0.15) is 0 Å². The molecule has 0 bridgehead atoms. The van der Waals surface area contributed by atoms with Crippen LogP contribution in [0.4, 0.5) is 0 Å². The van der Waals surface area contributed by atoms with E-state index in [1.165, 1.54) is 43.2 Å². The number of piperidine rings is 1. The number of ketones is 1. The average molecular weight is 376 g/mol. The van der Waals surface area contributed by atoms with Gasteiger partial charge in [-0.3, -0.25) is 9.69 Å². The van der Waals surface area contributed by atoms with E-state index in [2.05, 4.69) is 72.5 Å². The first kappa shape index (κ1) is 19.4. The lowest BCUT2D eigenvalue weighted by atomic mass is 9.81. The molecule has 2 fully saturated rings. The molecule has 0 N–H and O–H groups in total. The Balaban J connectivity index is 1.54. The molecule has 2 aromatic carbocycles. The Morgan fingerprint density at radius 3 is 2.39 bits per heavy atom. The van der Waals surface area contributed by atoms with Crippen LogP contribution in [0.15, 0.2) is 60.7 Å². The van der Waals surface area contributed by atoms with Crippen LogP contribution >= 0.6 is 0 Å². The molecule has 1 saturated carbocycles. The van der Waals surface area contributed by atoms with Gasteiger partial charge >= 0.3 is 0 Å². The standard InChI is InChI=1S/C26H33NO/c1-21-19-26(20-25(21)28,23-14-6-3-7-15-23)27-18-9-8-16-24(27)17-10-13-22-11-4-2-5-12-22/h2-7,11-12,14-15,21,24H,8-10,13,16-20H2,1H3/t21-,24?,26+/m1/s1. The fraction of sp³-hybridized carbons (Fsp3) is 0.500. The Labute approximate surface area is 170 Å². The second-order valence-electron chi connectivity index (χ2n) is 8.87. The third-order valence-electron chi connectivity index (χ3n) is 6.99. The number of rotatable bonds is 6. The van der Waals surface area contributed by atoms with E-state index in [0.717, 1.165) is 19.4 Å². The van der Waals surface area contributed by atoms with Crippen molar-refractivity contribution in [2.24, 2.45) is 5.92 Å². The minimum atomic E-state index is -0.0877. The Bertz CT molecular complexity index is 772. The SMILES string of the molecule is C[C@@H]1C[C@](c2ccccc2)(N2CCCCC2CCCc2ccccc2)CC1=O. The van der Waals surface area contributed by atoms with Gasteiger partial charge in [0.2, 0.25) is 0 Å². The number of nitrogens with zero attached hydrogens (tertiary/aromatic N) is 1. The van der Waals surface area contributed by atoms with E-state index in [-0.39, 0.29) is 11.5 Å². The van der Waals surface area contributed by atoms with Crippen LogP contribution in [0.1, 0.15) is 63.0 Å². The Morgan fingerprint density at radius 2 is 1.71 bits per heavy atom. The van der Waals surface area contributed by atoms with Crippen molar-refractivity contribution in [2.45, 2.75) is 69.9 Å². The molecular formula is C26H33NO. The number of benzene rings is 2. The molecule has 0 radical (unpaired) electrons. The molecule has 0 spiro atoms. The number of carbonyl (C=O) groups excluding carboxylic acids is 1. The highest BCUT2D eigenvalue weighted by Crippen LogP contribution is 2.47. The maximum atomic E-state index is 12.7. The zero-order valence-electron chi connectivity index (χ0n) is 17.1. The quantitative estimate of drug-likeness (QED) is 0.640. The van der Waals surface area contributed by atoms with Crippen LogP contribution < -0.4 is 0 Å². The Morgan fingerprint density at radius 1 is 1.00 bits per heavy atom. The highest BCUT2D eigenvalue weighted by atomic mass is 16.1. The van der Waals surface area contributed by atoms with Crippen LogP contribution in [0.2, 0.25) is 0 Å². The third kappa shape index (κ3) is 3.93. The van der Waals surface area contributed by atoms with E-state index in [4.69, 9.17) is 0 Å². The number of likely N-dealkylation sites (tertiary alicyclic amines) is 1. The molecule has 2 heteroatoms. The van der Waals surface area contributed by atoms with Gasteiger partial charge in [0.1, 0.15) is 5.78 Å². The number of Topliss-reactive ketones (excluding diaryl/α,β-unsaturated/α-hetero) is 1. The maximum absolute atomic E-state index is 12.7. The summed E-state index contributed by atoms with van der Waals surface area (Å²) in [4.78, 5) is 15.4. The minimum absolute atomic E-state index is 0.0877. The molecular weight excluding hydrogens is 342 g/mol. The molecule has 148 valence electrons. The number of hydrogen-bond donors (Lipinski definition) is 0.